The Morgan fingerprint density at radius 3 is 1.00 bits per heavy atom. The van der Waals surface area contributed by atoms with Gasteiger partial charge in [0.2, 0.25) is 10.9 Å². The van der Waals surface area contributed by atoms with E-state index >= 15 is 0 Å². The molecule has 0 spiro atoms. The summed E-state index contributed by atoms with van der Waals surface area (Å²) in [5, 5.41) is 59.1. The van der Waals surface area contributed by atoms with Crippen molar-refractivity contribution < 1.29 is 63.5 Å². The quantitative estimate of drug-likeness (QED) is 0.0151. The third-order valence-electron chi connectivity index (χ3n) is 15.8. The second kappa shape index (κ2) is 35.7. The topological polar surface area (TPSA) is 231 Å². The van der Waals surface area contributed by atoms with E-state index in [4.69, 9.17) is 14.6 Å². The van der Waals surface area contributed by atoms with Crippen molar-refractivity contribution in [1.29, 1.82) is 0 Å². The zero-order chi connectivity index (χ0) is 73.6. The molecule has 14 nitrogen and oxygen atoms in total. The number of carboxylic acid groups (broad SMARTS) is 1. The number of carbonyl (C=O) groups is 4. The third kappa shape index (κ3) is 21.9. The van der Waals surface area contributed by atoms with Crippen LogP contribution in [0, 0.1) is 71.3 Å². The van der Waals surface area contributed by atoms with Gasteiger partial charge >= 0.3 is 23.6 Å². The Morgan fingerprint density at radius 1 is 0.373 bits per heavy atom. The number of carboxylic acids is 1. The number of phenolic OH excluding ortho intramolecular Hbond substituents is 4. The minimum atomic E-state index is -0.926. The fourth-order valence-electron chi connectivity index (χ4n) is 10.2. The zero-order valence-corrected chi connectivity index (χ0v) is 58.0. The maximum absolute atomic E-state index is 12.9. The lowest BCUT2D eigenvalue weighted by atomic mass is 10.0. The van der Waals surface area contributed by atoms with Crippen molar-refractivity contribution in [2.75, 3.05) is 0 Å². The molecular weight excluding hydrogens is 1310 g/mol. The van der Waals surface area contributed by atoms with E-state index < -0.39 is 22.8 Å². The average molecular weight is 1380 g/mol. The summed E-state index contributed by atoms with van der Waals surface area (Å²) in [5.74, 6) is -0.987. The number of aryl methyl sites for hydroxylation is 8. The number of benzene rings is 11. The number of aromatic carboxylic acids is 1. The molecule has 0 unspecified atom stereocenters. The van der Waals surface area contributed by atoms with E-state index in [9.17, 15) is 54.1 Å². The number of hydrogen-bond donors (Lipinski definition) is 5. The predicted molar refractivity (Wildman–Crippen MR) is 405 cm³/mol. The molecule has 11 aromatic rings. The van der Waals surface area contributed by atoms with Gasteiger partial charge in [-0.2, -0.15) is 0 Å². The number of nitro benzene ring substituents is 1. The fourth-order valence-corrected chi connectivity index (χ4v) is 11.0. The highest BCUT2D eigenvalue weighted by molar-refractivity contribution is 8.14. The molecule has 0 saturated carbocycles. The highest BCUT2D eigenvalue weighted by atomic mass is 32.2. The fraction of sp³-hybridized carbons (Fsp3) is 0.0930. The van der Waals surface area contributed by atoms with E-state index in [0.29, 0.717) is 39.9 Å². The van der Waals surface area contributed by atoms with Gasteiger partial charge in [-0.3, -0.25) is 14.9 Å². The number of esters is 2. The number of phenols is 4. The van der Waals surface area contributed by atoms with Crippen LogP contribution in [0.1, 0.15) is 130 Å². The standard InChI is InChI=1S/C23H19FO3.C23H19NO5.C23H20O2S.C17H16O3/c1-15-13-18(14-16(2)22(15)25)4-3-17-5-7-19(8-6-17)23(26)27-21-11-9-20(24)10-12-21;1-15-13-18(14-16(2)22(15)25)8-7-17-9-11-19(12-10-17)23(26)29-21-6-4-3-5-20(21)24(27)28;1-16-14-19(15-17(2)22(16)24)9-8-18-10-12-20(13-11-18)23(25)26-21-6-4-3-5-7-21;1-11-9-14(10-12(2)16(11)18)4-3-13-5-7-15(8-6-13)17(19)20/h3-14,25H,1-2H3;3-14,25H,1-2H3;3-15,24H,1-2H3;3-10,18H,1-2H3,(H,19,20)/b4-3+;8-7+;9-8+;4-3+. The largest absolute Gasteiger partial charge is 0.507 e. The van der Waals surface area contributed by atoms with Crippen molar-refractivity contribution in [3.8, 4) is 34.5 Å². The number of aromatic hydroxyl groups is 4. The minimum absolute atomic E-state index is 0.0384. The Hall–Kier alpha value is -12.7. The number of thioether (sulfide) groups is 1. The van der Waals surface area contributed by atoms with Gasteiger partial charge in [-0.15, -0.1) is 0 Å². The molecular formula is C86H74FNO13S. The van der Waals surface area contributed by atoms with Gasteiger partial charge in [0, 0.05) is 16.5 Å². The van der Waals surface area contributed by atoms with Gasteiger partial charge < -0.3 is 35.0 Å². The Labute approximate surface area is 595 Å². The van der Waals surface area contributed by atoms with Crippen molar-refractivity contribution in [2.45, 2.75) is 60.3 Å². The van der Waals surface area contributed by atoms with Crippen LogP contribution < -0.4 is 9.47 Å². The lowest BCUT2D eigenvalue weighted by Crippen LogP contribution is -2.09. The lowest BCUT2D eigenvalue weighted by Gasteiger charge is -2.06. The Balaban J connectivity index is 0.000000174. The molecule has 0 aliphatic carbocycles. The lowest BCUT2D eigenvalue weighted by molar-refractivity contribution is -0.385. The molecule has 11 aromatic carbocycles. The number of halogens is 1. The molecule has 0 aromatic heterocycles. The van der Waals surface area contributed by atoms with Gasteiger partial charge in [-0.1, -0.05) is 127 Å². The van der Waals surface area contributed by atoms with Crippen LogP contribution in [0.3, 0.4) is 0 Å². The molecule has 16 heteroatoms. The first-order valence-electron chi connectivity index (χ1n) is 32.0. The van der Waals surface area contributed by atoms with E-state index in [2.05, 4.69) is 0 Å². The van der Waals surface area contributed by atoms with E-state index in [1.54, 1.807) is 66.7 Å². The summed E-state index contributed by atoms with van der Waals surface area (Å²) in [6.07, 6.45) is 15.6. The Bertz CT molecular complexity index is 4860. The molecule has 0 bridgehead atoms. The normalized spacial score (nSPS) is 10.9. The van der Waals surface area contributed by atoms with E-state index in [1.807, 2.05) is 219 Å². The van der Waals surface area contributed by atoms with Crippen LogP contribution in [0.15, 0.2) is 229 Å². The van der Waals surface area contributed by atoms with Gasteiger partial charge in [-0.05, 0) is 296 Å². The molecule has 514 valence electrons. The first kappa shape index (κ1) is 75.1. The molecule has 0 heterocycles. The Morgan fingerprint density at radius 2 is 0.667 bits per heavy atom. The maximum Gasteiger partial charge on any atom is 0.343 e. The van der Waals surface area contributed by atoms with Gasteiger partial charge in [0.1, 0.15) is 34.6 Å². The van der Waals surface area contributed by atoms with Gasteiger partial charge in [0.15, 0.2) is 0 Å². The molecule has 0 saturated heterocycles. The molecule has 11 rings (SSSR count). The van der Waals surface area contributed by atoms with E-state index in [0.717, 1.165) is 93.9 Å². The van der Waals surface area contributed by atoms with Crippen molar-refractivity contribution in [3.63, 3.8) is 0 Å². The van der Waals surface area contributed by atoms with E-state index in [1.165, 1.54) is 54.2 Å². The number of nitro groups is 1. The molecule has 0 aliphatic rings. The summed E-state index contributed by atoms with van der Waals surface area (Å²) in [6.45, 7) is 14.9. The van der Waals surface area contributed by atoms with E-state index in [-0.39, 0.29) is 33.5 Å². The SMILES string of the molecule is Cc1cc(/C=C/c2ccc(C(=O)O)cc2)cc(C)c1O.Cc1cc(/C=C/c2ccc(C(=O)Oc3ccc(F)cc3)cc2)cc(C)c1O.Cc1cc(/C=C/c2ccc(C(=O)Oc3ccccc3[N+](=O)[O-])cc2)cc(C)c1O.Cc1cc(/C=C/c2ccc(C(=O)Sc3ccccc3)cc2)cc(C)c1O. The number of rotatable bonds is 16. The number of nitrogens with zero attached hydrogens (tertiary/aromatic N) is 1. The summed E-state index contributed by atoms with van der Waals surface area (Å²) in [7, 11) is 0. The van der Waals surface area contributed by atoms with Crippen LogP contribution in [-0.4, -0.2) is 53.5 Å². The van der Waals surface area contributed by atoms with Crippen LogP contribution in [0.4, 0.5) is 10.1 Å². The summed E-state index contributed by atoms with van der Waals surface area (Å²) in [5.41, 5.74) is 15.8. The monoisotopic (exact) mass is 1380 g/mol. The summed E-state index contributed by atoms with van der Waals surface area (Å²) < 4.78 is 23.3. The van der Waals surface area contributed by atoms with Crippen LogP contribution >= 0.6 is 11.8 Å². The highest BCUT2D eigenvalue weighted by Gasteiger charge is 2.19. The molecule has 0 aliphatic heterocycles. The molecule has 0 amide bonds. The molecule has 0 radical (unpaired) electrons. The van der Waals surface area contributed by atoms with Crippen LogP contribution in [0.5, 0.6) is 34.5 Å². The average Bonchev–Trinajstić information content (AvgIpc) is 0.868. The summed E-state index contributed by atoms with van der Waals surface area (Å²) >= 11 is 1.24. The van der Waals surface area contributed by atoms with Crippen LogP contribution in [0.2, 0.25) is 0 Å². The van der Waals surface area contributed by atoms with Crippen molar-refractivity contribution in [2.24, 2.45) is 0 Å². The third-order valence-corrected chi connectivity index (χ3v) is 16.7. The van der Waals surface area contributed by atoms with Gasteiger partial charge in [0.25, 0.3) is 0 Å². The van der Waals surface area contributed by atoms with Crippen molar-refractivity contribution >= 4 is 89.1 Å². The van der Waals surface area contributed by atoms with Gasteiger partial charge in [-0.25, -0.2) is 18.8 Å². The first-order valence-corrected chi connectivity index (χ1v) is 32.9. The minimum Gasteiger partial charge on any atom is -0.507 e. The maximum atomic E-state index is 12.9. The zero-order valence-electron chi connectivity index (χ0n) is 57.2. The van der Waals surface area contributed by atoms with Gasteiger partial charge in [0.05, 0.1) is 21.6 Å². The first-order chi connectivity index (χ1) is 48.8. The highest BCUT2D eigenvalue weighted by Crippen LogP contribution is 2.31. The number of para-hydroxylation sites is 2. The Kier molecular flexibility index (Phi) is 26.3. The summed E-state index contributed by atoms with van der Waals surface area (Å²) in [6, 6.07) is 64.0. The number of carbonyl (C=O) groups excluding carboxylic acids is 3. The summed E-state index contributed by atoms with van der Waals surface area (Å²) in [4.78, 5) is 58.9. The molecule has 102 heavy (non-hydrogen) atoms. The number of hydrogen-bond acceptors (Lipinski definition) is 13. The molecule has 5 N–H and O–H groups in total. The molecule has 0 fully saturated rings. The second-order valence-corrected chi connectivity index (χ2v) is 24.8. The predicted octanol–water partition coefficient (Wildman–Crippen LogP) is 20.8. The van der Waals surface area contributed by atoms with Crippen molar-refractivity contribution in [3.05, 3.63) is 352 Å². The number of ether oxygens (including phenoxy) is 2. The van der Waals surface area contributed by atoms with Crippen LogP contribution in [0.25, 0.3) is 48.6 Å². The van der Waals surface area contributed by atoms with Crippen molar-refractivity contribution in [1.82, 2.24) is 0 Å². The molecule has 0 atom stereocenters. The smallest absolute Gasteiger partial charge is 0.343 e. The second-order valence-electron chi connectivity index (χ2n) is 23.8. The van der Waals surface area contributed by atoms with Crippen LogP contribution in [-0.2, 0) is 0 Å².